The first-order valence-electron chi connectivity index (χ1n) is 5.83. The van der Waals surface area contributed by atoms with Crippen LogP contribution in [0.1, 0.15) is 24.8 Å². The van der Waals surface area contributed by atoms with Crippen LogP contribution in [0.4, 0.5) is 0 Å². The Labute approximate surface area is 106 Å². The molecule has 0 aliphatic carbocycles. The van der Waals surface area contributed by atoms with Crippen molar-refractivity contribution in [2.45, 2.75) is 25.3 Å². The molecule has 0 heterocycles. The summed E-state index contributed by atoms with van der Waals surface area (Å²) < 4.78 is 16.1. The van der Waals surface area contributed by atoms with Crippen LogP contribution in [0.15, 0.2) is 24.3 Å². The first-order chi connectivity index (χ1) is 8.26. The Bertz CT molecular complexity index is 326. The van der Waals surface area contributed by atoms with E-state index in [0.717, 1.165) is 18.2 Å². The standard InChI is InChI=1S/C13H21O3Si/c1-5-11(10-17(15-3)16-4)12-8-6-7-9-13(12)14-2/h6-9,11H,5,10H2,1-4H3. The minimum atomic E-state index is -1.16. The van der Waals surface area contributed by atoms with E-state index in [9.17, 15) is 0 Å². The first-order valence-corrected chi connectivity index (χ1v) is 7.35. The lowest BCUT2D eigenvalue weighted by molar-refractivity contribution is 0.273. The maximum Gasteiger partial charge on any atom is 0.384 e. The second-order valence-electron chi connectivity index (χ2n) is 3.83. The van der Waals surface area contributed by atoms with Crippen LogP contribution in [-0.2, 0) is 8.85 Å². The average molecular weight is 253 g/mol. The maximum atomic E-state index is 5.41. The zero-order valence-corrected chi connectivity index (χ0v) is 12.0. The van der Waals surface area contributed by atoms with Crippen molar-refractivity contribution in [2.75, 3.05) is 21.3 Å². The third kappa shape index (κ3) is 3.83. The first kappa shape index (κ1) is 14.2. The van der Waals surface area contributed by atoms with Gasteiger partial charge in [-0.2, -0.15) is 0 Å². The van der Waals surface area contributed by atoms with E-state index in [-0.39, 0.29) is 0 Å². The number of ether oxygens (including phenoxy) is 1. The molecule has 4 heteroatoms. The van der Waals surface area contributed by atoms with E-state index >= 15 is 0 Å². The molecular weight excluding hydrogens is 232 g/mol. The number of hydrogen-bond acceptors (Lipinski definition) is 3. The van der Waals surface area contributed by atoms with Gasteiger partial charge < -0.3 is 13.6 Å². The molecule has 0 amide bonds. The Morgan fingerprint density at radius 2 is 1.76 bits per heavy atom. The van der Waals surface area contributed by atoms with E-state index in [4.69, 9.17) is 13.6 Å². The van der Waals surface area contributed by atoms with Crippen molar-refractivity contribution in [1.82, 2.24) is 0 Å². The normalized spacial score (nSPS) is 12.8. The summed E-state index contributed by atoms with van der Waals surface area (Å²) in [6.07, 6.45) is 1.06. The highest BCUT2D eigenvalue weighted by atomic mass is 28.3. The molecule has 0 N–H and O–H groups in total. The van der Waals surface area contributed by atoms with Crippen molar-refractivity contribution in [1.29, 1.82) is 0 Å². The van der Waals surface area contributed by atoms with E-state index in [1.54, 1.807) is 21.3 Å². The molecule has 17 heavy (non-hydrogen) atoms. The monoisotopic (exact) mass is 253 g/mol. The summed E-state index contributed by atoms with van der Waals surface area (Å²) in [6.45, 7) is 2.18. The number of hydrogen-bond donors (Lipinski definition) is 0. The van der Waals surface area contributed by atoms with E-state index in [1.165, 1.54) is 5.56 Å². The van der Waals surface area contributed by atoms with Crippen LogP contribution in [0, 0.1) is 0 Å². The third-order valence-electron chi connectivity index (χ3n) is 2.94. The van der Waals surface area contributed by atoms with Gasteiger partial charge in [-0.3, -0.25) is 0 Å². The molecule has 0 fully saturated rings. The second-order valence-corrected chi connectivity index (χ2v) is 5.80. The van der Waals surface area contributed by atoms with Crippen LogP contribution in [0.5, 0.6) is 5.75 Å². The molecule has 0 saturated heterocycles. The van der Waals surface area contributed by atoms with E-state index < -0.39 is 9.28 Å². The number of rotatable bonds is 7. The maximum absolute atomic E-state index is 5.41. The van der Waals surface area contributed by atoms with Gasteiger partial charge in [0.1, 0.15) is 5.75 Å². The zero-order valence-electron chi connectivity index (χ0n) is 11.0. The van der Waals surface area contributed by atoms with Crippen LogP contribution < -0.4 is 4.74 Å². The van der Waals surface area contributed by atoms with Gasteiger partial charge in [-0.05, 0) is 30.0 Å². The van der Waals surface area contributed by atoms with Gasteiger partial charge in [0.15, 0.2) is 0 Å². The highest BCUT2D eigenvalue weighted by Gasteiger charge is 2.22. The Morgan fingerprint density at radius 3 is 2.29 bits per heavy atom. The van der Waals surface area contributed by atoms with Gasteiger partial charge in [-0.1, -0.05) is 25.1 Å². The van der Waals surface area contributed by atoms with Gasteiger partial charge in [0.05, 0.1) is 7.11 Å². The SMILES string of the molecule is CCC(C[Si](OC)OC)c1ccccc1OC. The van der Waals surface area contributed by atoms with Gasteiger partial charge >= 0.3 is 9.28 Å². The van der Waals surface area contributed by atoms with E-state index in [2.05, 4.69) is 13.0 Å². The number of methoxy groups -OCH3 is 1. The second kappa shape index (κ2) is 7.48. The number of para-hydroxylation sites is 1. The fraction of sp³-hybridized carbons (Fsp3) is 0.538. The lowest BCUT2D eigenvalue weighted by Crippen LogP contribution is -2.22. The van der Waals surface area contributed by atoms with Crippen molar-refractivity contribution < 1.29 is 13.6 Å². The van der Waals surface area contributed by atoms with Gasteiger partial charge in [0, 0.05) is 14.2 Å². The summed E-state index contributed by atoms with van der Waals surface area (Å²) in [5, 5.41) is 0. The molecule has 0 saturated carbocycles. The van der Waals surface area contributed by atoms with Crippen LogP contribution in [0.25, 0.3) is 0 Å². The highest BCUT2D eigenvalue weighted by Crippen LogP contribution is 2.32. The molecule has 0 aliphatic heterocycles. The molecule has 0 aromatic heterocycles. The fourth-order valence-electron chi connectivity index (χ4n) is 1.93. The third-order valence-corrected chi connectivity index (χ3v) is 4.68. The molecule has 95 valence electrons. The quantitative estimate of drug-likeness (QED) is 0.699. The van der Waals surface area contributed by atoms with Crippen molar-refractivity contribution in [2.24, 2.45) is 0 Å². The van der Waals surface area contributed by atoms with Gasteiger partial charge in [0.25, 0.3) is 0 Å². The molecule has 0 aliphatic rings. The predicted molar refractivity (Wildman–Crippen MR) is 70.6 cm³/mol. The minimum absolute atomic E-state index is 0.430. The molecule has 0 bridgehead atoms. The van der Waals surface area contributed by atoms with Crippen LogP contribution in [-0.4, -0.2) is 30.6 Å². The van der Waals surface area contributed by atoms with Crippen molar-refractivity contribution in [3.8, 4) is 5.75 Å². The number of benzene rings is 1. The van der Waals surface area contributed by atoms with Gasteiger partial charge in [-0.15, -0.1) is 0 Å². The van der Waals surface area contributed by atoms with E-state index in [0.29, 0.717) is 5.92 Å². The van der Waals surface area contributed by atoms with E-state index in [1.807, 2.05) is 18.2 Å². The predicted octanol–water partition coefficient (Wildman–Crippen LogP) is 2.97. The largest absolute Gasteiger partial charge is 0.496 e. The Morgan fingerprint density at radius 1 is 1.12 bits per heavy atom. The molecule has 1 atom stereocenters. The minimum Gasteiger partial charge on any atom is -0.496 e. The summed E-state index contributed by atoms with van der Waals surface area (Å²) in [6, 6.07) is 9.11. The molecule has 1 aromatic carbocycles. The zero-order chi connectivity index (χ0) is 12.7. The van der Waals surface area contributed by atoms with Crippen LogP contribution >= 0.6 is 0 Å². The molecular formula is C13H21O3Si. The molecule has 1 unspecified atom stereocenters. The Hall–Kier alpha value is -0.843. The summed E-state index contributed by atoms with van der Waals surface area (Å²) in [5.74, 6) is 1.38. The van der Waals surface area contributed by atoms with Crippen molar-refractivity contribution in [3.05, 3.63) is 29.8 Å². The molecule has 0 spiro atoms. The van der Waals surface area contributed by atoms with Crippen LogP contribution in [0.2, 0.25) is 6.04 Å². The molecule has 1 aromatic rings. The summed E-state index contributed by atoms with van der Waals surface area (Å²) in [5.41, 5.74) is 1.24. The Balaban J connectivity index is 2.85. The summed E-state index contributed by atoms with van der Waals surface area (Å²) in [4.78, 5) is 0. The lowest BCUT2D eigenvalue weighted by Gasteiger charge is -2.20. The molecule has 1 radical (unpaired) electrons. The molecule has 3 nitrogen and oxygen atoms in total. The summed E-state index contributed by atoms with van der Waals surface area (Å²) >= 11 is 0. The van der Waals surface area contributed by atoms with Crippen LogP contribution in [0.3, 0.4) is 0 Å². The van der Waals surface area contributed by atoms with Gasteiger partial charge in [0.2, 0.25) is 0 Å². The fourth-order valence-corrected chi connectivity index (χ4v) is 3.34. The van der Waals surface area contributed by atoms with Crippen molar-refractivity contribution in [3.63, 3.8) is 0 Å². The van der Waals surface area contributed by atoms with Crippen molar-refractivity contribution >= 4 is 9.28 Å². The highest BCUT2D eigenvalue weighted by molar-refractivity contribution is 6.44. The average Bonchev–Trinajstić information content (AvgIpc) is 2.40. The Kier molecular flexibility index (Phi) is 6.25. The molecule has 1 rings (SSSR count). The van der Waals surface area contributed by atoms with Gasteiger partial charge in [-0.25, -0.2) is 0 Å². The smallest absolute Gasteiger partial charge is 0.384 e. The topological polar surface area (TPSA) is 27.7 Å². The lowest BCUT2D eigenvalue weighted by atomic mass is 9.97. The summed E-state index contributed by atoms with van der Waals surface area (Å²) in [7, 11) is 3.98.